The van der Waals surface area contributed by atoms with Gasteiger partial charge in [0.1, 0.15) is 0 Å². The van der Waals surface area contributed by atoms with Crippen LogP contribution in [0.3, 0.4) is 0 Å². The Kier molecular flexibility index (Phi) is 6.53. The first-order chi connectivity index (χ1) is 31.8. The van der Waals surface area contributed by atoms with Gasteiger partial charge in [-0.1, -0.05) is 97.1 Å². The summed E-state index contributed by atoms with van der Waals surface area (Å²) in [5, 5.41) is 4.67. The fourth-order valence-corrected chi connectivity index (χ4v) is 10.8. The topological polar surface area (TPSA) is 49.9 Å². The third kappa shape index (κ3) is 4.30. The van der Waals surface area contributed by atoms with Crippen molar-refractivity contribution in [2.75, 3.05) is 9.80 Å². The minimum atomic E-state index is 0.897. The van der Waals surface area contributed by atoms with Crippen LogP contribution in [0.5, 0.6) is 0 Å². The van der Waals surface area contributed by atoms with E-state index in [-0.39, 0.29) is 0 Å². The Morgan fingerprint density at radius 2 is 0.594 bits per heavy atom. The highest BCUT2D eigenvalue weighted by Crippen LogP contribution is 2.51. The highest BCUT2D eigenvalue weighted by molar-refractivity contribution is 6.37. The molecule has 0 N–H and O–H groups in total. The van der Waals surface area contributed by atoms with E-state index in [4.69, 9.17) is 9.97 Å². The molecule has 8 heteroatoms. The molecule has 15 rings (SSSR count). The van der Waals surface area contributed by atoms with Crippen LogP contribution in [0.2, 0.25) is 0 Å². The maximum Gasteiger partial charge on any atom is 0.220 e. The number of imidazole rings is 4. The molecular formula is C56H34N8. The van der Waals surface area contributed by atoms with Gasteiger partial charge >= 0.3 is 0 Å². The van der Waals surface area contributed by atoms with Crippen molar-refractivity contribution >= 4 is 122 Å². The maximum atomic E-state index is 5.44. The smallest absolute Gasteiger partial charge is 0.220 e. The molecule has 0 unspecified atom stereocenters. The summed E-state index contributed by atoms with van der Waals surface area (Å²) >= 11 is 0. The molecule has 0 saturated heterocycles. The SMILES string of the molecule is c1ccc(N(c2ccccc2)c2ccc3c(c2)c2c4c5c(c6cc(N(c7ccccc7)c7ccccc7)ccc6n5c5nc6ccccc6n45)c4c2n3c2nc3ccccc3n42)cc1. The average Bonchev–Trinajstić information content (AvgIpc) is 4.19. The zero-order valence-electron chi connectivity index (χ0n) is 34.2. The lowest BCUT2D eigenvalue weighted by atomic mass is 10.0. The monoisotopic (exact) mass is 818 g/mol. The highest BCUT2D eigenvalue weighted by atomic mass is 15.2. The number of nitrogens with zero attached hydrogens (tertiary/aromatic N) is 8. The number of benzene rings is 9. The van der Waals surface area contributed by atoms with E-state index in [1.54, 1.807) is 0 Å². The highest BCUT2D eigenvalue weighted by Gasteiger charge is 2.32. The van der Waals surface area contributed by atoms with Gasteiger partial charge < -0.3 is 9.80 Å². The number of hydrogen-bond donors (Lipinski definition) is 0. The van der Waals surface area contributed by atoms with Crippen LogP contribution in [-0.4, -0.2) is 27.6 Å². The van der Waals surface area contributed by atoms with Crippen molar-refractivity contribution in [3.05, 3.63) is 206 Å². The van der Waals surface area contributed by atoms with Gasteiger partial charge in [-0.15, -0.1) is 0 Å². The van der Waals surface area contributed by atoms with Crippen LogP contribution in [-0.2, 0) is 0 Å². The van der Waals surface area contributed by atoms with E-state index >= 15 is 0 Å². The van der Waals surface area contributed by atoms with Crippen molar-refractivity contribution in [2.45, 2.75) is 0 Å². The van der Waals surface area contributed by atoms with Crippen molar-refractivity contribution < 1.29 is 0 Å². The minimum absolute atomic E-state index is 0.897. The van der Waals surface area contributed by atoms with Gasteiger partial charge in [0.2, 0.25) is 11.6 Å². The van der Waals surface area contributed by atoms with Crippen LogP contribution >= 0.6 is 0 Å². The molecule has 0 aliphatic heterocycles. The molecule has 15 aromatic rings. The van der Waals surface area contributed by atoms with E-state index in [1.165, 1.54) is 10.8 Å². The van der Waals surface area contributed by atoms with Crippen LogP contribution in [0, 0.1) is 0 Å². The number of hydrogen-bond acceptors (Lipinski definition) is 4. The first-order valence-electron chi connectivity index (χ1n) is 21.7. The summed E-state index contributed by atoms with van der Waals surface area (Å²) in [5.74, 6) is 1.79. The number of fused-ring (bicyclic) bond motifs is 18. The van der Waals surface area contributed by atoms with Crippen LogP contribution < -0.4 is 9.80 Å². The summed E-state index contributed by atoms with van der Waals surface area (Å²) in [7, 11) is 0. The van der Waals surface area contributed by atoms with Gasteiger partial charge in [-0.05, 0) is 109 Å². The van der Waals surface area contributed by atoms with E-state index in [0.717, 1.165) is 112 Å². The lowest BCUT2D eigenvalue weighted by molar-refractivity contribution is 1.21. The molecule has 64 heavy (non-hydrogen) atoms. The van der Waals surface area contributed by atoms with Crippen molar-refractivity contribution in [2.24, 2.45) is 0 Å². The molecule has 6 aromatic heterocycles. The minimum Gasteiger partial charge on any atom is -0.310 e. The Labute approximate surface area is 364 Å². The first-order valence-corrected chi connectivity index (χ1v) is 21.7. The molecule has 9 aromatic carbocycles. The summed E-state index contributed by atoms with van der Waals surface area (Å²) in [6.45, 7) is 0. The van der Waals surface area contributed by atoms with Gasteiger partial charge in [0.25, 0.3) is 0 Å². The Morgan fingerprint density at radius 3 is 0.953 bits per heavy atom. The van der Waals surface area contributed by atoms with E-state index in [1.807, 2.05) is 0 Å². The predicted octanol–water partition coefficient (Wildman–Crippen LogP) is 14.2. The van der Waals surface area contributed by atoms with Gasteiger partial charge in [0, 0.05) is 55.7 Å². The molecule has 0 aliphatic rings. The third-order valence-electron chi connectivity index (χ3n) is 13.3. The molecule has 0 saturated carbocycles. The molecule has 0 aliphatic carbocycles. The van der Waals surface area contributed by atoms with E-state index < -0.39 is 0 Å². The van der Waals surface area contributed by atoms with Crippen LogP contribution in [0.15, 0.2) is 206 Å². The summed E-state index contributed by atoms with van der Waals surface area (Å²) in [6.07, 6.45) is 0. The molecule has 0 atom stereocenters. The molecular weight excluding hydrogens is 785 g/mol. The van der Waals surface area contributed by atoms with Crippen LogP contribution in [0.4, 0.5) is 34.1 Å². The molecule has 0 fully saturated rings. The number of para-hydroxylation sites is 8. The second-order valence-electron chi connectivity index (χ2n) is 16.7. The lowest BCUT2D eigenvalue weighted by Crippen LogP contribution is -2.09. The van der Waals surface area contributed by atoms with Crippen molar-refractivity contribution in [3.8, 4) is 0 Å². The molecule has 0 amide bonds. The quantitative estimate of drug-likeness (QED) is 0.168. The van der Waals surface area contributed by atoms with Gasteiger partial charge in [0.15, 0.2) is 0 Å². The summed E-state index contributed by atoms with van der Waals surface area (Å²) in [5.41, 5.74) is 17.4. The van der Waals surface area contributed by atoms with E-state index in [9.17, 15) is 0 Å². The fourth-order valence-electron chi connectivity index (χ4n) is 10.8. The Bertz CT molecular complexity index is 3940. The Hall–Kier alpha value is -8.88. The predicted molar refractivity (Wildman–Crippen MR) is 263 cm³/mol. The normalized spacial score (nSPS) is 12.4. The molecule has 0 radical (unpaired) electrons. The molecule has 6 heterocycles. The molecule has 0 spiro atoms. The molecule has 0 bridgehead atoms. The summed E-state index contributed by atoms with van der Waals surface area (Å²) < 4.78 is 9.65. The number of aromatic nitrogens is 6. The van der Waals surface area contributed by atoms with Crippen molar-refractivity contribution in [1.82, 2.24) is 27.6 Å². The van der Waals surface area contributed by atoms with Gasteiger partial charge in [-0.2, -0.15) is 0 Å². The van der Waals surface area contributed by atoms with Crippen LogP contribution in [0.25, 0.3) is 88.3 Å². The zero-order valence-corrected chi connectivity index (χ0v) is 34.2. The fraction of sp³-hybridized carbons (Fsp3) is 0. The van der Waals surface area contributed by atoms with E-state index in [0.29, 0.717) is 0 Å². The lowest BCUT2D eigenvalue weighted by Gasteiger charge is -2.25. The summed E-state index contributed by atoms with van der Waals surface area (Å²) in [6, 6.07) is 73.6. The molecule has 8 nitrogen and oxygen atoms in total. The maximum absolute atomic E-state index is 5.44. The number of rotatable bonds is 6. The van der Waals surface area contributed by atoms with Crippen LogP contribution in [0.1, 0.15) is 0 Å². The number of anilines is 6. The zero-order chi connectivity index (χ0) is 41.6. The largest absolute Gasteiger partial charge is 0.310 e. The second kappa shape index (κ2) is 12.4. The standard InChI is InChI=1S/C56H34N8/c1-5-17-35(18-6-1)59(36-19-7-2-8-20-36)39-29-31-45-41(33-39)49-51-54(64-48-28-16-14-26-44(48)57-55(64)61(45)51)50-42-34-40(60(37-21-9-3-10-22-37)38-23-11-4-12-24-38)30-32-46(42)62-52(50)53(49)63-47-27-15-13-25-43(47)58-56(62)63/h1-34H. The summed E-state index contributed by atoms with van der Waals surface area (Å²) in [4.78, 5) is 15.6. The van der Waals surface area contributed by atoms with Gasteiger partial charge in [-0.25, -0.2) is 9.97 Å². The third-order valence-corrected chi connectivity index (χ3v) is 13.3. The molecule has 298 valence electrons. The van der Waals surface area contributed by atoms with Crippen molar-refractivity contribution in [1.29, 1.82) is 0 Å². The van der Waals surface area contributed by atoms with Gasteiger partial charge in [-0.3, -0.25) is 17.6 Å². The Morgan fingerprint density at radius 1 is 0.281 bits per heavy atom. The van der Waals surface area contributed by atoms with Crippen molar-refractivity contribution in [3.63, 3.8) is 0 Å². The van der Waals surface area contributed by atoms with E-state index in [2.05, 4.69) is 234 Å². The van der Waals surface area contributed by atoms with Gasteiger partial charge in [0.05, 0.1) is 55.2 Å². The average molecular weight is 819 g/mol. The second-order valence-corrected chi connectivity index (χ2v) is 16.7. The first kappa shape index (κ1) is 33.8. The Balaban J connectivity index is 1.16.